The van der Waals surface area contributed by atoms with E-state index >= 15 is 0 Å². The highest BCUT2D eigenvalue weighted by atomic mass is 16.3. The predicted octanol–water partition coefficient (Wildman–Crippen LogP) is 3.49. The average molecular weight is 328 g/mol. The Kier molecular flexibility index (Phi) is 7.22. The monoisotopic (exact) mass is 328 g/mol. The molecule has 0 atom stereocenters. The summed E-state index contributed by atoms with van der Waals surface area (Å²) in [6.45, 7) is 6.63. The number of allylic oxidation sites excluding steroid dienone is 3. The number of carbonyl (C=O) groups is 1. The molecule has 0 aromatic heterocycles. The molecule has 0 spiro atoms. The number of aliphatic hydroxyl groups is 1. The van der Waals surface area contributed by atoms with Crippen molar-refractivity contribution in [2.45, 2.75) is 45.8 Å². The molecule has 2 rings (SSSR count). The van der Waals surface area contributed by atoms with Gasteiger partial charge in [-0.1, -0.05) is 42.8 Å². The van der Waals surface area contributed by atoms with Crippen LogP contribution in [0.1, 0.15) is 38.7 Å². The van der Waals surface area contributed by atoms with Gasteiger partial charge in [-0.3, -0.25) is 9.69 Å². The van der Waals surface area contributed by atoms with Crippen LogP contribution in [0.25, 0.3) is 0 Å². The normalized spacial score (nSPS) is 17.4. The van der Waals surface area contributed by atoms with Crippen molar-refractivity contribution in [2.24, 2.45) is 0 Å². The molecular weight excluding hydrogens is 300 g/mol. The Morgan fingerprint density at radius 1 is 1.29 bits per heavy atom. The SMILES string of the molecule is CC=C(C=CC(=O)Nc1ccccc1CN1CCC(O)CC1)CC. The van der Waals surface area contributed by atoms with Crippen LogP contribution in [0.4, 0.5) is 5.69 Å². The highest BCUT2D eigenvalue weighted by Gasteiger charge is 2.18. The van der Waals surface area contributed by atoms with Crippen LogP contribution >= 0.6 is 0 Å². The van der Waals surface area contributed by atoms with Crippen LogP contribution in [0.3, 0.4) is 0 Å². The summed E-state index contributed by atoms with van der Waals surface area (Å²) in [5.41, 5.74) is 3.11. The second-order valence-electron chi connectivity index (χ2n) is 6.20. The van der Waals surface area contributed by atoms with Crippen molar-refractivity contribution in [1.29, 1.82) is 0 Å². The molecule has 0 aliphatic carbocycles. The minimum Gasteiger partial charge on any atom is -0.393 e. The molecule has 0 saturated carbocycles. The summed E-state index contributed by atoms with van der Waals surface area (Å²) in [6.07, 6.45) is 7.86. The molecule has 0 unspecified atom stereocenters. The number of rotatable bonds is 6. The number of aliphatic hydroxyl groups excluding tert-OH is 1. The minimum absolute atomic E-state index is 0.107. The van der Waals surface area contributed by atoms with E-state index in [9.17, 15) is 9.90 Å². The van der Waals surface area contributed by atoms with Crippen LogP contribution in [0, 0.1) is 0 Å². The van der Waals surface area contributed by atoms with Crippen molar-refractivity contribution in [3.63, 3.8) is 0 Å². The molecule has 1 amide bonds. The number of hydrogen-bond acceptors (Lipinski definition) is 3. The van der Waals surface area contributed by atoms with Gasteiger partial charge >= 0.3 is 0 Å². The molecule has 1 fully saturated rings. The van der Waals surface area contributed by atoms with Crippen LogP contribution < -0.4 is 5.32 Å². The van der Waals surface area contributed by atoms with E-state index in [1.807, 2.05) is 43.3 Å². The first-order valence-corrected chi connectivity index (χ1v) is 8.75. The lowest BCUT2D eigenvalue weighted by atomic mass is 10.1. The molecule has 1 aromatic carbocycles. The van der Waals surface area contributed by atoms with Crippen LogP contribution in [0.15, 0.2) is 48.1 Å². The molecule has 0 bridgehead atoms. The van der Waals surface area contributed by atoms with E-state index in [0.717, 1.165) is 55.7 Å². The van der Waals surface area contributed by atoms with Gasteiger partial charge in [-0.2, -0.15) is 0 Å². The second kappa shape index (κ2) is 9.40. The number of nitrogens with zero attached hydrogens (tertiary/aromatic N) is 1. The highest BCUT2D eigenvalue weighted by molar-refractivity contribution is 6.00. The largest absolute Gasteiger partial charge is 0.393 e. The van der Waals surface area contributed by atoms with Crippen molar-refractivity contribution in [3.05, 3.63) is 53.6 Å². The van der Waals surface area contributed by atoms with E-state index in [2.05, 4.69) is 17.1 Å². The minimum atomic E-state index is -0.166. The fourth-order valence-electron chi connectivity index (χ4n) is 2.87. The number of amides is 1. The van der Waals surface area contributed by atoms with Gasteiger partial charge in [-0.15, -0.1) is 0 Å². The van der Waals surface area contributed by atoms with Gasteiger partial charge in [0.15, 0.2) is 0 Å². The van der Waals surface area contributed by atoms with Gasteiger partial charge < -0.3 is 10.4 Å². The number of anilines is 1. The summed E-state index contributed by atoms with van der Waals surface area (Å²) in [5, 5.41) is 12.6. The molecule has 1 aromatic rings. The summed E-state index contributed by atoms with van der Waals surface area (Å²) >= 11 is 0. The number of benzene rings is 1. The molecular formula is C20H28N2O2. The van der Waals surface area contributed by atoms with Gasteiger partial charge in [0.2, 0.25) is 5.91 Å². The Hall–Kier alpha value is -1.91. The molecule has 4 nitrogen and oxygen atoms in total. The van der Waals surface area contributed by atoms with Gasteiger partial charge in [-0.25, -0.2) is 0 Å². The van der Waals surface area contributed by atoms with Crippen LogP contribution in [0.5, 0.6) is 0 Å². The zero-order valence-electron chi connectivity index (χ0n) is 14.7. The summed E-state index contributed by atoms with van der Waals surface area (Å²) in [5.74, 6) is -0.107. The lowest BCUT2D eigenvalue weighted by molar-refractivity contribution is -0.111. The van der Waals surface area contributed by atoms with E-state index in [0.29, 0.717) is 0 Å². The maximum absolute atomic E-state index is 12.2. The number of likely N-dealkylation sites (tertiary alicyclic amines) is 1. The Bertz CT molecular complexity index is 599. The van der Waals surface area contributed by atoms with Crippen LogP contribution in [-0.2, 0) is 11.3 Å². The Morgan fingerprint density at radius 3 is 2.67 bits per heavy atom. The number of nitrogens with one attached hydrogen (secondary N) is 1. The van der Waals surface area contributed by atoms with E-state index in [4.69, 9.17) is 0 Å². The van der Waals surface area contributed by atoms with Crippen molar-refractivity contribution < 1.29 is 9.90 Å². The molecule has 1 aliphatic heterocycles. The Labute approximate surface area is 144 Å². The van der Waals surface area contributed by atoms with E-state index in [1.165, 1.54) is 0 Å². The molecule has 4 heteroatoms. The molecule has 2 N–H and O–H groups in total. The van der Waals surface area contributed by atoms with Crippen LogP contribution in [-0.4, -0.2) is 35.1 Å². The smallest absolute Gasteiger partial charge is 0.248 e. The summed E-state index contributed by atoms with van der Waals surface area (Å²) in [6, 6.07) is 7.92. The fourth-order valence-corrected chi connectivity index (χ4v) is 2.87. The number of hydrogen-bond donors (Lipinski definition) is 2. The first-order chi connectivity index (χ1) is 11.6. The van der Waals surface area contributed by atoms with E-state index in [-0.39, 0.29) is 12.0 Å². The fraction of sp³-hybridized carbons (Fsp3) is 0.450. The zero-order chi connectivity index (χ0) is 17.4. The topological polar surface area (TPSA) is 52.6 Å². The van der Waals surface area contributed by atoms with Crippen molar-refractivity contribution >= 4 is 11.6 Å². The average Bonchev–Trinajstić information content (AvgIpc) is 2.59. The molecule has 1 heterocycles. The zero-order valence-corrected chi connectivity index (χ0v) is 14.7. The van der Waals surface area contributed by atoms with Crippen molar-refractivity contribution in [1.82, 2.24) is 4.90 Å². The van der Waals surface area contributed by atoms with E-state index < -0.39 is 0 Å². The number of carbonyl (C=O) groups excluding carboxylic acids is 1. The molecule has 0 radical (unpaired) electrons. The van der Waals surface area contributed by atoms with Gasteiger partial charge in [0.1, 0.15) is 0 Å². The van der Waals surface area contributed by atoms with Crippen molar-refractivity contribution in [2.75, 3.05) is 18.4 Å². The lowest BCUT2D eigenvalue weighted by Crippen LogP contribution is -2.35. The molecule has 24 heavy (non-hydrogen) atoms. The maximum atomic E-state index is 12.2. The van der Waals surface area contributed by atoms with Crippen LogP contribution in [0.2, 0.25) is 0 Å². The number of para-hydroxylation sites is 1. The first kappa shape index (κ1) is 18.4. The summed E-state index contributed by atoms with van der Waals surface area (Å²) in [4.78, 5) is 14.5. The lowest BCUT2D eigenvalue weighted by Gasteiger charge is -2.30. The quantitative estimate of drug-likeness (QED) is 0.621. The summed E-state index contributed by atoms with van der Waals surface area (Å²) in [7, 11) is 0. The Morgan fingerprint density at radius 2 is 2.00 bits per heavy atom. The van der Waals surface area contributed by atoms with Gasteiger partial charge in [0, 0.05) is 31.4 Å². The van der Waals surface area contributed by atoms with Gasteiger partial charge in [-0.05, 0) is 37.8 Å². The third kappa shape index (κ3) is 5.62. The first-order valence-electron chi connectivity index (χ1n) is 8.75. The molecule has 130 valence electrons. The van der Waals surface area contributed by atoms with Gasteiger partial charge in [0.05, 0.1) is 6.10 Å². The standard InChI is InChI=1S/C20H28N2O2/c1-3-16(4-2)9-10-20(24)21-19-8-6-5-7-17(19)15-22-13-11-18(23)12-14-22/h3,5-10,18,23H,4,11-15H2,1-2H3,(H,21,24). The maximum Gasteiger partial charge on any atom is 0.248 e. The Balaban J connectivity index is 1.99. The molecule has 1 aliphatic rings. The third-order valence-corrected chi connectivity index (χ3v) is 4.45. The van der Waals surface area contributed by atoms with E-state index in [1.54, 1.807) is 6.08 Å². The van der Waals surface area contributed by atoms with Gasteiger partial charge in [0.25, 0.3) is 0 Å². The predicted molar refractivity (Wildman–Crippen MR) is 98.8 cm³/mol. The second-order valence-corrected chi connectivity index (χ2v) is 6.20. The number of piperidine rings is 1. The summed E-state index contributed by atoms with van der Waals surface area (Å²) < 4.78 is 0. The highest BCUT2D eigenvalue weighted by Crippen LogP contribution is 2.20. The van der Waals surface area contributed by atoms with Crippen molar-refractivity contribution in [3.8, 4) is 0 Å². The molecule has 1 saturated heterocycles. The third-order valence-electron chi connectivity index (χ3n) is 4.45.